The third kappa shape index (κ3) is 3.51. The van der Waals surface area contributed by atoms with Crippen LogP contribution in [0.3, 0.4) is 0 Å². The quantitative estimate of drug-likeness (QED) is 0.546. The van der Waals surface area contributed by atoms with E-state index in [-0.39, 0.29) is 13.0 Å². The van der Waals surface area contributed by atoms with E-state index in [0.29, 0.717) is 17.9 Å². The number of rotatable bonds is 6. The summed E-state index contributed by atoms with van der Waals surface area (Å²) in [6.07, 6.45) is -0.00413. The molecule has 0 saturated carbocycles. The van der Waals surface area contributed by atoms with Gasteiger partial charge < -0.3 is 20.1 Å². The Morgan fingerprint density at radius 3 is 2.86 bits per heavy atom. The van der Waals surface area contributed by atoms with Crippen molar-refractivity contribution in [3.8, 4) is 5.75 Å². The van der Waals surface area contributed by atoms with Gasteiger partial charge in [-0.15, -0.1) is 0 Å². The molecule has 1 fully saturated rings. The van der Waals surface area contributed by atoms with E-state index in [0.717, 1.165) is 11.3 Å². The number of benzene rings is 1. The molecule has 0 radical (unpaired) electrons. The number of imide groups is 1. The van der Waals surface area contributed by atoms with Gasteiger partial charge in [0.1, 0.15) is 12.3 Å². The number of esters is 1. The Hall–Kier alpha value is -3.10. The third-order valence-corrected chi connectivity index (χ3v) is 4.77. The van der Waals surface area contributed by atoms with Crippen molar-refractivity contribution in [2.24, 2.45) is 0 Å². The maximum Gasteiger partial charge on any atom is 0.327 e. The van der Waals surface area contributed by atoms with Crippen LogP contribution in [-0.2, 0) is 24.7 Å². The lowest BCUT2D eigenvalue weighted by Gasteiger charge is -2.33. The molecule has 28 heavy (non-hydrogen) atoms. The molecular weight excluding hydrogens is 366 g/mol. The van der Waals surface area contributed by atoms with Gasteiger partial charge in [0.2, 0.25) is 0 Å². The molecule has 0 aromatic heterocycles. The number of para-hydroxylation sites is 1. The van der Waals surface area contributed by atoms with Gasteiger partial charge in [0, 0.05) is 18.5 Å². The first-order chi connectivity index (χ1) is 13.4. The Labute approximate surface area is 162 Å². The normalized spacial score (nSPS) is 21.6. The molecule has 0 bridgehead atoms. The number of carbonyl (C=O) groups is 4. The van der Waals surface area contributed by atoms with Crippen molar-refractivity contribution < 1.29 is 28.7 Å². The first-order valence-corrected chi connectivity index (χ1v) is 9.22. The van der Waals surface area contributed by atoms with Crippen LogP contribution in [0.15, 0.2) is 24.3 Å². The van der Waals surface area contributed by atoms with Crippen LogP contribution in [0.1, 0.15) is 32.3 Å². The molecule has 1 saturated heterocycles. The average Bonchev–Trinajstić information content (AvgIpc) is 2.91. The van der Waals surface area contributed by atoms with Crippen LogP contribution in [0, 0.1) is 0 Å². The molecule has 2 atom stereocenters. The van der Waals surface area contributed by atoms with Gasteiger partial charge in [0.25, 0.3) is 11.8 Å². The van der Waals surface area contributed by atoms with Crippen LogP contribution in [-0.4, -0.2) is 54.5 Å². The maximum atomic E-state index is 13.1. The summed E-state index contributed by atoms with van der Waals surface area (Å²) < 4.78 is 10.6. The van der Waals surface area contributed by atoms with Gasteiger partial charge in [-0.05, 0) is 19.4 Å². The molecule has 4 amide bonds. The summed E-state index contributed by atoms with van der Waals surface area (Å²) in [4.78, 5) is 50.3. The van der Waals surface area contributed by atoms with Gasteiger partial charge in [0.15, 0.2) is 11.6 Å². The van der Waals surface area contributed by atoms with Crippen LogP contribution in [0.2, 0.25) is 0 Å². The summed E-state index contributed by atoms with van der Waals surface area (Å²) in [5.74, 6) is -1.27. The second-order valence-electron chi connectivity index (χ2n) is 6.74. The van der Waals surface area contributed by atoms with Gasteiger partial charge in [-0.2, -0.15) is 0 Å². The van der Waals surface area contributed by atoms with Crippen molar-refractivity contribution in [1.29, 1.82) is 0 Å². The molecule has 9 nitrogen and oxygen atoms in total. The molecule has 9 heteroatoms. The van der Waals surface area contributed by atoms with Crippen LogP contribution >= 0.6 is 0 Å². The number of ether oxygens (including phenoxy) is 2. The van der Waals surface area contributed by atoms with Crippen LogP contribution in [0.25, 0.3) is 0 Å². The maximum absolute atomic E-state index is 13.1. The first kappa shape index (κ1) is 19.7. The lowest BCUT2D eigenvalue weighted by Crippen LogP contribution is -2.48. The molecule has 3 rings (SSSR count). The Kier molecular flexibility index (Phi) is 5.53. The molecule has 1 aromatic carbocycles. The van der Waals surface area contributed by atoms with Gasteiger partial charge in [-0.25, -0.2) is 4.79 Å². The smallest absolute Gasteiger partial charge is 0.327 e. The van der Waals surface area contributed by atoms with Crippen molar-refractivity contribution in [3.63, 3.8) is 0 Å². The highest BCUT2D eigenvalue weighted by atomic mass is 16.5. The summed E-state index contributed by atoms with van der Waals surface area (Å²) in [6.45, 7) is 3.50. The van der Waals surface area contributed by atoms with Gasteiger partial charge in [-0.3, -0.25) is 19.3 Å². The third-order valence-electron chi connectivity index (χ3n) is 4.77. The van der Waals surface area contributed by atoms with E-state index < -0.39 is 42.0 Å². The van der Waals surface area contributed by atoms with Crippen molar-refractivity contribution in [3.05, 3.63) is 29.8 Å². The molecule has 0 aliphatic carbocycles. The highest BCUT2D eigenvalue weighted by molar-refractivity contribution is 6.09. The van der Waals surface area contributed by atoms with E-state index in [1.807, 2.05) is 6.92 Å². The zero-order valence-electron chi connectivity index (χ0n) is 15.8. The fraction of sp³-hybridized carbons (Fsp3) is 0.474. The molecule has 150 valence electrons. The molecule has 2 N–H and O–H groups in total. The Morgan fingerprint density at radius 2 is 2.11 bits per heavy atom. The summed E-state index contributed by atoms with van der Waals surface area (Å²) in [7, 11) is 0. The molecular formula is C19H23N3O6. The largest absolute Gasteiger partial charge is 0.493 e. The predicted molar refractivity (Wildman–Crippen MR) is 97.3 cm³/mol. The second-order valence-corrected chi connectivity index (χ2v) is 6.74. The highest BCUT2D eigenvalue weighted by Crippen LogP contribution is 2.40. The molecule has 0 unspecified atom stereocenters. The molecule has 1 aromatic rings. The number of amides is 4. The SMILES string of the molecule is CCCNC(=O)[C@H](C)OC(=O)CN1C(=O)N[C@]2(CCOc3ccccc32)C1=O. The fourth-order valence-corrected chi connectivity index (χ4v) is 3.32. The van der Waals surface area contributed by atoms with Crippen molar-refractivity contribution in [2.45, 2.75) is 38.3 Å². The van der Waals surface area contributed by atoms with E-state index in [2.05, 4.69) is 10.6 Å². The van der Waals surface area contributed by atoms with Crippen LogP contribution in [0.5, 0.6) is 5.75 Å². The van der Waals surface area contributed by atoms with Crippen molar-refractivity contribution in [1.82, 2.24) is 15.5 Å². The first-order valence-electron chi connectivity index (χ1n) is 9.22. The van der Waals surface area contributed by atoms with Crippen LogP contribution < -0.4 is 15.4 Å². The van der Waals surface area contributed by atoms with E-state index in [1.54, 1.807) is 24.3 Å². The number of nitrogens with one attached hydrogen (secondary N) is 2. The summed E-state index contributed by atoms with van der Waals surface area (Å²) in [5, 5.41) is 5.32. The van der Waals surface area contributed by atoms with E-state index >= 15 is 0 Å². The number of hydrogen-bond acceptors (Lipinski definition) is 6. The number of urea groups is 1. The molecule has 1 spiro atoms. The Bertz CT molecular complexity index is 811. The van der Waals surface area contributed by atoms with Gasteiger partial charge in [0.05, 0.1) is 6.61 Å². The summed E-state index contributed by atoms with van der Waals surface area (Å²) >= 11 is 0. The zero-order valence-corrected chi connectivity index (χ0v) is 15.8. The standard InChI is InChI=1S/C19H23N3O6/c1-3-9-20-16(24)12(2)28-15(23)11-22-17(25)19(21-18(22)26)8-10-27-14-7-5-4-6-13(14)19/h4-7,12H,3,8-11H2,1-2H3,(H,20,24)(H,21,26)/t12-,19-/m0/s1. The molecule has 2 aliphatic heterocycles. The number of carbonyl (C=O) groups excluding carboxylic acids is 4. The highest BCUT2D eigenvalue weighted by Gasteiger charge is 2.55. The topological polar surface area (TPSA) is 114 Å². The van der Waals surface area contributed by atoms with Gasteiger partial charge >= 0.3 is 12.0 Å². The van der Waals surface area contributed by atoms with Crippen molar-refractivity contribution >= 4 is 23.8 Å². The number of nitrogens with zero attached hydrogens (tertiary/aromatic N) is 1. The minimum atomic E-state index is -1.25. The van der Waals surface area contributed by atoms with E-state index in [4.69, 9.17) is 9.47 Å². The number of fused-ring (bicyclic) bond motifs is 2. The molecule has 2 heterocycles. The summed E-state index contributed by atoms with van der Waals surface area (Å²) in [5.41, 5.74) is -0.696. The fourth-order valence-electron chi connectivity index (χ4n) is 3.32. The van der Waals surface area contributed by atoms with Crippen LogP contribution in [0.4, 0.5) is 4.79 Å². The lowest BCUT2D eigenvalue weighted by molar-refractivity contribution is -0.156. The summed E-state index contributed by atoms with van der Waals surface area (Å²) in [6, 6.07) is 6.29. The van der Waals surface area contributed by atoms with Crippen molar-refractivity contribution in [2.75, 3.05) is 19.7 Å². The minimum Gasteiger partial charge on any atom is -0.493 e. The second kappa shape index (κ2) is 7.87. The minimum absolute atomic E-state index is 0.260. The van der Waals surface area contributed by atoms with E-state index in [9.17, 15) is 19.2 Å². The lowest BCUT2D eigenvalue weighted by atomic mass is 9.84. The van der Waals surface area contributed by atoms with Gasteiger partial charge in [-0.1, -0.05) is 25.1 Å². The zero-order chi connectivity index (χ0) is 20.3. The Morgan fingerprint density at radius 1 is 1.36 bits per heavy atom. The Balaban J connectivity index is 1.70. The monoisotopic (exact) mass is 389 g/mol. The molecule has 2 aliphatic rings. The number of hydrogen-bond donors (Lipinski definition) is 2. The van der Waals surface area contributed by atoms with E-state index in [1.165, 1.54) is 6.92 Å². The predicted octanol–water partition coefficient (Wildman–Crippen LogP) is 0.674. The average molecular weight is 389 g/mol.